The molecule has 0 unspecified atom stereocenters. The third kappa shape index (κ3) is 5.86. The highest BCUT2D eigenvalue weighted by Crippen LogP contribution is 2.29. The Morgan fingerprint density at radius 2 is 1.66 bits per heavy atom. The van der Waals surface area contributed by atoms with Gasteiger partial charge in [0.15, 0.2) is 0 Å². The minimum absolute atomic E-state index is 0.153. The van der Waals surface area contributed by atoms with Crippen LogP contribution in [0.15, 0.2) is 91.0 Å². The number of hydrazine groups is 1. The van der Waals surface area contributed by atoms with Gasteiger partial charge in [0.2, 0.25) is 0 Å². The molecule has 0 radical (unpaired) electrons. The first kappa shape index (κ1) is 24.0. The predicted molar refractivity (Wildman–Crippen MR) is 136 cm³/mol. The third-order valence-corrected chi connectivity index (χ3v) is 5.84. The Labute approximate surface area is 204 Å². The quantitative estimate of drug-likeness (QED) is 0.192. The van der Waals surface area contributed by atoms with Gasteiger partial charge in [0.25, 0.3) is 0 Å². The van der Waals surface area contributed by atoms with Gasteiger partial charge in [-0.05, 0) is 71.5 Å². The van der Waals surface area contributed by atoms with E-state index in [1.165, 1.54) is 6.07 Å². The Morgan fingerprint density at radius 3 is 2.34 bits per heavy atom. The largest absolute Gasteiger partial charge is 0.497 e. The lowest BCUT2D eigenvalue weighted by Crippen LogP contribution is -2.37. The van der Waals surface area contributed by atoms with E-state index in [0.29, 0.717) is 23.4 Å². The molecule has 0 atom stereocenters. The molecule has 0 aliphatic rings. The van der Waals surface area contributed by atoms with E-state index in [1.54, 1.807) is 31.4 Å². The van der Waals surface area contributed by atoms with Crippen molar-refractivity contribution in [3.8, 4) is 16.9 Å². The summed E-state index contributed by atoms with van der Waals surface area (Å²) in [4.78, 5) is 12.3. The van der Waals surface area contributed by atoms with E-state index >= 15 is 0 Å². The van der Waals surface area contributed by atoms with Crippen molar-refractivity contribution in [1.82, 2.24) is 0 Å². The van der Waals surface area contributed by atoms with E-state index in [1.807, 2.05) is 67.6 Å². The van der Waals surface area contributed by atoms with Crippen LogP contribution in [0.5, 0.6) is 5.75 Å². The van der Waals surface area contributed by atoms with Crippen molar-refractivity contribution in [2.75, 3.05) is 12.1 Å². The number of nitrogens with two attached hydrogens (primary N) is 1. The second-order valence-corrected chi connectivity index (χ2v) is 8.24. The van der Waals surface area contributed by atoms with Crippen LogP contribution in [0.3, 0.4) is 0 Å². The van der Waals surface area contributed by atoms with Crippen LogP contribution in [-0.4, -0.2) is 13.2 Å². The van der Waals surface area contributed by atoms with Crippen LogP contribution < -0.4 is 15.6 Å². The number of hydrogen-bond donors (Lipinski definition) is 1. The summed E-state index contributed by atoms with van der Waals surface area (Å²) in [6.45, 7) is 2.16. The summed E-state index contributed by atoms with van der Waals surface area (Å²) in [5, 5.41) is 0.995. The highest BCUT2D eigenvalue weighted by molar-refractivity contribution is 5.86. The van der Waals surface area contributed by atoms with Crippen LogP contribution in [0.1, 0.15) is 22.3 Å². The van der Waals surface area contributed by atoms with Crippen molar-refractivity contribution in [1.29, 1.82) is 0 Å². The number of amides is 1. The normalized spacial score (nSPS) is 10.6. The summed E-state index contributed by atoms with van der Waals surface area (Å²) in [7, 11) is 1.56. The van der Waals surface area contributed by atoms with Gasteiger partial charge >= 0.3 is 6.09 Å². The lowest BCUT2D eigenvalue weighted by Gasteiger charge is -2.17. The molecule has 1 amide bonds. The van der Waals surface area contributed by atoms with E-state index < -0.39 is 6.09 Å². The molecule has 0 spiro atoms. The second-order valence-electron chi connectivity index (χ2n) is 8.24. The van der Waals surface area contributed by atoms with E-state index in [0.717, 1.165) is 32.8 Å². The number of rotatable bonds is 7. The molecular formula is C29H27FN2O3. The van der Waals surface area contributed by atoms with Crippen molar-refractivity contribution in [3.05, 3.63) is 119 Å². The fourth-order valence-corrected chi connectivity index (χ4v) is 3.80. The fourth-order valence-electron chi connectivity index (χ4n) is 3.80. The van der Waals surface area contributed by atoms with Gasteiger partial charge in [-0.1, -0.05) is 60.7 Å². The number of anilines is 1. The first-order valence-electron chi connectivity index (χ1n) is 11.2. The molecule has 35 heavy (non-hydrogen) atoms. The molecule has 4 aromatic carbocycles. The molecule has 0 saturated heterocycles. The second kappa shape index (κ2) is 10.8. The maximum Gasteiger partial charge on any atom is 0.429 e. The number of nitrogens with zero attached hydrogens (tertiary/aromatic N) is 1. The van der Waals surface area contributed by atoms with Crippen molar-refractivity contribution < 1.29 is 18.7 Å². The first-order chi connectivity index (χ1) is 16.9. The summed E-state index contributed by atoms with van der Waals surface area (Å²) in [6.07, 6.45) is 0.0635. The van der Waals surface area contributed by atoms with Crippen LogP contribution in [-0.2, 0) is 17.8 Å². The zero-order chi connectivity index (χ0) is 24.8. The standard InChI is InChI=1S/C29H27FN2O3/c1-20-16-24(27-18-26(34-2)14-15-28(27)30)11-10-23(20)17-21-8-12-25(13-9-21)32(31)29(33)35-19-22-6-4-3-5-7-22/h3-16,18H,17,19,31H2,1-2H3. The SMILES string of the molecule is COc1ccc(F)c(-c2ccc(Cc3ccc(N(N)C(=O)OCc4ccccc4)cc3)c(C)c2)c1. The van der Waals surface area contributed by atoms with Gasteiger partial charge in [0, 0.05) is 5.56 Å². The summed E-state index contributed by atoms with van der Waals surface area (Å²) in [6, 6.07) is 27.5. The molecule has 6 heteroatoms. The van der Waals surface area contributed by atoms with Gasteiger partial charge < -0.3 is 9.47 Å². The van der Waals surface area contributed by atoms with Crippen LogP contribution in [0.25, 0.3) is 11.1 Å². The Morgan fingerprint density at radius 1 is 0.914 bits per heavy atom. The van der Waals surface area contributed by atoms with E-state index in [2.05, 4.69) is 0 Å². The van der Waals surface area contributed by atoms with Gasteiger partial charge in [0.1, 0.15) is 18.2 Å². The summed E-state index contributed by atoms with van der Waals surface area (Å²) >= 11 is 0. The lowest BCUT2D eigenvalue weighted by molar-refractivity contribution is 0.147. The minimum Gasteiger partial charge on any atom is -0.497 e. The Kier molecular flexibility index (Phi) is 7.43. The molecule has 0 aliphatic carbocycles. The van der Waals surface area contributed by atoms with E-state index in [9.17, 15) is 9.18 Å². The molecule has 0 heterocycles. The Balaban J connectivity index is 1.41. The molecular weight excluding hydrogens is 443 g/mol. The molecule has 0 aliphatic heterocycles. The zero-order valence-electron chi connectivity index (χ0n) is 19.7. The van der Waals surface area contributed by atoms with Gasteiger partial charge in [-0.3, -0.25) is 0 Å². The lowest BCUT2D eigenvalue weighted by atomic mass is 9.95. The number of benzene rings is 4. The number of ether oxygens (including phenoxy) is 2. The average Bonchev–Trinajstić information content (AvgIpc) is 2.89. The van der Waals surface area contributed by atoms with Crippen molar-refractivity contribution in [3.63, 3.8) is 0 Å². The molecule has 0 saturated carbocycles. The predicted octanol–water partition coefficient (Wildman–Crippen LogP) is 6.42. The first-order valence-corrected chi connectivity index (χ1v) is 11.2. The monoisotopic (exact) mass is 470 g/mol. The molecule has 2 N–H and O–H groups in total. The van der Waals surface area contributed by atoms with Crippen LogP contribution >= 0.6 is 0 Å². The number of hydrogen-bond acceptors (Lipinski definition) is 4. The van der Waals surface area contributed by atoms with E-state index in [-0.39, 0.29) is 12.4 Å². The highest BCUT2D eigenvalue weighted by Gasteiger charge is 2.14. The zero-order valence-corrected chi connectivity index (χ0v) is 19.7. The molecule has 4 rings (SSSR count). The summed E-state index contributed by atoms with van der Waals surface area (Å²) < 4.78 is 24.9. The molecule has 0 bridgehead atoms. The van der Waals surface area contributed by atoms with Gasteiger partial charge in [0.05, 0.1) is 12.8 Å². The summed E-state index contributed by atoms with van der Waals surface area (Å²) in [5.41, 5.74) is 5.96. The van der Waals surface area contributed by atoms with Crippen molar-refractivity contribution >= 4 is 11.8 Å². The van der Waals surface area contributed by atoms with Gasteiger partial charge in [-0.25, -0.2) is 20.0 Å². The highest BCUT2D eigenvalue weighted by atomic mass is 19.1. The molecule has 4 aromatic rings. The van der Waals surface area contributed by atoms with Crippen molar-refractivity contribution in [2.45, 2.75) is 20.0 Å². The number of carbonyl (C=O) groups is 1. The van der Waals surface area contributed by atoms with Crippen LogP contribution in [0.4, 0.5) is 14.9 Å². The molecule has 5 nitrogen and oxygen atoms in total. The average molecular weight is 471 g/mol. The maximum absolute atomic E-state index is 14.4. The fraction of sp³-hybridized carbons (Fsp3) is 0.138. The molecule has 178 valence electrons. The molecule has 0 fully saturated rings. The number of carbonyl (C=O) groups excluding carboxylic acids is 1. The number of halogens is 1. The Bertz CT molecular complexity index is 1310. The maximum atomic E-state index is 14.4. The van der Waals surface area contributed by atoms with Crippen LogP contribution in [0, 0.1) is 12.7 Å². The number of aryl methyl sites for hydroxylation is 1. The van der Waals surface area contributed by atoms with Crippen LogP contribution in [0.2, 0.25) is 0 Å². The number of methoxy groups -OCH3 is 1. The minimum atomic E-state index is -0.627. The van der Waals surface area contributed by atoms with Crippen molar-refractivity contribution in [2.24, 2.45) is 5.84 Å². The third-order valence-electron chi connectivity index (χ3n) is 5.84. The smallest absolute Gasteiger partial charge is 0.429 e. The van der Waals surface area contributed by atoms with E-state index in [4.69, 9.17) is 15.3 Å². The van der Waals surface area contributed by atoms with Gasteiger partial charge in [-0.15, -0.1) is 0 Å². The topological polar surface area (TPSA) is 64.8 Å². The van der Waals surface area contributed by atoms with Gasteiger partial charge in [-0.2, -0.15) is 0 Å². The molecule has 0 aromatic heterocycles. The summed E-state index contributed by atoms with van der Waals surface area (Å²) in [5.74, 6) is 6.28. The Hall–Kier alpha value is -4.16.